The maximum absolute atomic E-state index is 12.8. The molecule has 23 heavy (non-hydrogen) atoms. The summed E-state index contributed by atoms with van der Waals surface area (Å²) in [6.45, 7) is 14.4. The lowest BCUT2D eigenvalue weighted by Gasteiger charge is -2.35. The fourth-order valence-corrected chi connectivity index (χ4v) is 4.13. The molecule has 4 nitrogen and oxygen atoms in total. The number of hydrogen-bond acceptors (Lipinski definition) is 4. The van der Waals surface area contributed by atoms with Crippen LogP contribution in [-0.2, 0) is 0 Å². The van der Waals surface area contributed by atoms with Gasteiger partial charge in [-0.25, -0.2) is 0 Å². The van der Waals surface area contributed by atoms with Crippen LogP contribution < -0.4 is 0 Å². The largest absolute Gasteiger partial charge is 0.337 e. The van der Waals surface area contributed by atoms with Crippen molar-refractivity contribution in [2.45, 2.75) is 27.2 Å². The van der Waals surface area contributed by atoms with Crippen LogP contribution in [0.15, 0.2) is 5.38 Å². The van der Waals surface area contributed by atoms with Crippen LogP contribution in [0, 0.1) is 6.92 Å². The summed E-state index contributed by atoms with van der Waals surface area (Å²) >= 11 is 7.74. The molecule has 0 atom stereocenters. The van der Waals surface area contributed by atoms with Crippen LogP contribution in [0.4, 0.5) is 0 Å². The predicted molar refractivity (Wildman–Crippen MR) is 98.8 cm³/mol. The molecule has 0 aromatic carbocycles. The third kappa shape index (κ3) is 4.92. The first-order valence-corrected chi connectivity index (χ1v) is 9.80. The fourth-order valence-electron chi connectivity index (χ4n) is 2.89. The molecule has 1 aromatic rings. The van der Waals surface area contributed by atoms with Crippen molar-refractivity contribution < 1.29 is 4.79 Å². The van der Waals surface area contributed by atoms with Gasteiger partial charge in [-0.1, -0.05) is 25.4 Å². The van der Waals surface area contributed by atoms with E-state index in [0.29, 0.717) is 9.90 Å². The Kier molecular flexibility index (Phi) is 7.34. The second-order valence-electron chi connectivity index (χ2n) is 6.13. The number of aryl methyl sites for hydroxylation is 1. The molecule has 0 saturated carbocycles. The summed E-state index contributed by atoms with van der Waals surface area (Å²) in [5.41, 5.74) is 0.993. The number of piperazine rings is 1. The SMILES string of the molecule is CCCN(CCN1CCN(CC)CC1)C(=O)c1scc(C)c1Cl. The number of rotatable bonds is 7. The highest BCUT2D eigenvalue weighted by molar-refractivity contribution is 7.13. The van der Waals surface area contributed by atoms with Crippen molar-refractivity contribution in [3.05, 3.63) is 20.8 Å². The number of amides is 1. The average Bonchev–Trinajstić information content (AvgIpc) is 2.90. The Labute approximate surface area is 149 Å². The van der Waals surface area contributed by atoms with Crippen LogP contribution in [0.3, 0.4) is 0 Å². The first-order valence-electron chi connectivity index (χ1n) is 8.54. The first-order chi connectivity index (χ1) is 11.1. The van der Waals surface area contributed by atoms with Gasteiger partial charge >= 0.3 is 0 Å². The zero-order valence-corrected chi connectivity index (χ0v) is 16.0. The van der Waals surface area contributed by atoms with Gasteiger partial charge in [-0.2, -0.15) is 0 Å². The van der Waals surface area contributed by atoms with Crippen LogP contribution in [0.2, 0.25) is 5.02 Å². The molecule has 0 aliphatic carbocycles. The average molecular weight is 358 g/mol. The van der Waals surface area contributed by atoms with E-state index in [4.69, 9.17) is 11.6 Å². The highest BCUT2D eigenvalue weighted by Gasteiger charge is 2.22. The monoisotopic (exact) mass is 357 g/mol. The van der Waals surface area contributed by atoms with Crippen LogP contribution in [0.5, 0.6) is 0 Å². The molecule has 0 radical (unpaired) electrons. The second-order valence-corrected chi connectivity index (χ2v) is 7.39. The summed E-state index contributed by atoms with van der Waals surface area (Å²) in [5, 5.41) is 2.58. The lowest BCUT2D eigenvalue weighted by molar-refractivity contribution is 0.0713. The Morgan fingerprint density at radius 2 is 1.87 bits per heavy atom. The molecule has 1 aromatic heterocycles. The highest BCUT2D eigenvalue weighted by atomic mass is 35.5. The maximum Gasteiger partial charge on any atom is 0.265 e. The Balaban J connectivity index is 1.91. The van der Waals surface area contributed by atoms with Gasteiger partial charge in [0.25, 0.3) is 5.91 Å². The minimum absolute atomic E-state index is 0.0853. The minimum atomic E-state index is 0.0853. The molecule has 1 saturated heterocycles. The zero-order chi connectivity index (χ0) is 16.8. The number of carbonyl (C=O) groups excluding carboxylic acids is 1. The van der Waals surface area contributed by atoms with E-state index in [9.17, 15) is 4.79 Å². The Bertz CT molecular complexity index is 512. The summed E-state index contributed by atoms with van der Waals surface area (Å²) in [4.78, 5) is 20.3. The number of hydrogen-bond donors (Lipinski definition) is 0. The summed E-state index contributed by atoms with van der Waals surface area (Å²) in [6.07, 6.45) is 0.970. The van der Waals surface area contributed by atoms with Gasteiger partial charge in [-0.15, -0.1) is 11.3 Å². The van der Waals surface area contributed by atoms with E-state index >= 15 is 0 Å². The molecule has 1 aliphatic heterocycles. The maximum atomic E-state index is 12.8. The molecular formula is C17H28ClN3OS. The molecule has 6 heteroatoms. The summed E-state index contributed by atoms with van der Waals surface area (Å²) in [6, 6.07) is 0. The van der Waals surface area contributed by atoms with Crippen molar-refractivity contribution in [3.63, 3.8) is 0 Å². The topological polar surface area (TPSA) is 26.8 Å². The van der Waals surface area contributed by atoms with E-state index in [1.54, 1.807) is 0 Å². The van der Waals surface area contributed by atoms with E-state index in [2.05, 4.69) is 23.6 Å². The molecule has 2 heterocycles. The number of nitrogens with zero attached hydrogens (tertiary/aromatic N) is 3. The van der Waals surface area contributed by atoms with Crippen LogP contribution in [-0.4, -0.2) is 73.0 Å². The van der Waals surface area contributed by atoms with Crippen molar-refractivity contribution in [3.8, 4) is 0 Å². The normalized spacial score (nSPS) is 16.7. The van der Waals surface area contributed by atoms with Gasteiger partial charge in [0.05, 0.1) is 5.02 Å². The summed E-state index contributed by atoms with van der Waals surface area (Å²) in [5.74, 6) is 0.0853. The van der Waals surface area contributed by atoms with E-state index in [-0.39, 0.29) is 5.91 Å². The van der Waals surface area contributed by atoms with Crippen molar-refractivity contribution in [1.29, 1.82) is 0 Å². The molecule has 0 N–H and O–H groups in total. The molecule has 1 amide bonds. The predicted octanol–water partition coefficient (Wildman–Crippen LogP) is 3.20. The standard InChI is InChI=1S/C17H28ClN3OS/c1-4-6-21(17(22)16-15(18)14(3)13-23-16)12-11-20-9-7-19(5-2)8-10-20/h13H,4-12H2,1-3H3. The quantitative estimate of drug-likeness (QED) is 0.749. The third-order valence-corrected chi connectivity index (χ3v) is 6.16. The van der Waals surface area contributed by atoms with Crippen LogP contribution in [0.25, 0.3) is 0 Å². The molecule has 130 valence electrons. The molecule has 0 unspecified atom stereocenters. The number of thiophene rings is 1. The number of halogens is 1. The summed E-state index contributed by atoms with van der Waals surface area (Å²) < 4.78 is 0. The van der Waals surface area contributed by atoms with E-state index < -0.39 is 0 Å². The highest BCUT2D eigenvalue weighted by Crippen LogP contribution is 2.28. The molecule has 0 spiro atoms. The van der Waals surface area contributed by atoms with Crippen molar-refractivity contribution >= 4 is 28.8 Å². The van der Waals surface area contributed by atoms with Crippen LogP contribution in [0.1, 0.15) is 35.5 Å². The Hall–Kier alpha value is -0.620. The van der Waals surface area contributed by atoms with Gasteiger partial charge in [0.1, 0.15) is 4.88 Å². The molecule has 1 fully saturated rings. The van der Waals surface area contributed by atoms with E-state index in [1.807, 2.05) is 17.2 Å². The molecular weight excluding hydrogens is 330 g/mol. The van der Waals surface area contributed by atoms with Crippen molar-refractivity contribution in [2.75, 3.05) is 52.4 Å². The second kappa shape index (κ2) is 9.02. The van der Waals surface area contributed by atoms with Gasteiger partial charge in [0.2, 0.25) is 0 Å². The van der Waals surface area contributed by atoms with Gasteiger partial charge in [0.15, 0.2) is 0 Å². The summed E-state index contributed by atoms with van der Waals surface area (Å²) in [7, 11) is 0. The number of likely N-dealkylation sites (N-methyl/N-ethyl adjacent to an activating group) is 1. The van der Waals surface area contributed by atoms with Crippen LogP contribution >= 0.6 is 22.9 Å². The molecule has 1 aliphatic rings. The smallest absolute Gasteiger partial charge is 0.265 e. The molecule has 0 bridgehead atoms. The van der Waals surface area contributed by atoms with Crippen molar-refractivity contribution in [2.24, 2.45) is 0 Å². The fraction of sp³-hybridized carbons (Fsp3) is 0.706. The Morgan fingerprint density at radius 3 is 2.39 bits per heavy atom. The lowest BCUT2D eigenvalue weighted by atomic mass is 10.2. The van der Waals surface area contributed by atoms with Gasteiger partial charge in [-0.05, 0) is 30.8 Å². The third-order valence-electron chi connectivity index (χ3n) is 4.47. The zero-order valence-electron chi connectivity index (χ0n) is 14.5. The van der Waals surface area contributed by atoms with Crippen molar-refractivity contribution in [1.82, 2.24) is 14.7 Å². The Morgan fingerprint density at radius 1 is 1.22 bits per heavy atom. The number of carbonyl (C=O) groups is 1. The van der Waals surface area contributed by atoms with Gasteiger partial charge in [-0.3, -0.25) is 9.69 Å². The van der Waals surface area contributed by atoms with E-state index in [0.717, 1.165) is 64.3 Å². The van der Waals surface area contributed by atoms with E-state index in [1.165, 1.54) is 11.3 Å². The van der Waals surface area contributed by atoms with Gasteiger partial charge in [0, 0.05) is 45.8 Å². The van der Waals surface area contributed by atoms with Gasteiger partial charge < -0.3 is 9.80 Å². The molecule has 2 rings (SSSR count). The first kappa shape index (κ1) is 18.7. The minimum Gasteiger partial charge on any atom is -0.337 e. The lowest BCUT2D eigenvalue weighted by Crippen LogP contribution is -2.48.